The highest BCUT2D eigenvalue weighted by Gasteiger charge is 1.38. The summed E-state index contributed by atoms with van der Waals surface area (Å²) in [5.74, 6) is 0. The lowest BCUT2D eigenvalue weighted by Gasteiger charge is -1.37. The number of hydrogen-bond acceptors (Lipinski definition) is 1. The minimum Gasteiger partial charge on any atom is -0.299 e. The molecule has 22 valence electrons. The van der Waals surface area contributed by atoms with Crippen LogP contribution in [0.4, 0.5) is 0 Å². The Balaban J connectivity index is 3.82. The van der Waals surface area contributed by atoms with Crippen molar-refractivity contribution < 1.29 is 8.91 Å². The van der Waals surface area contributed by atoms with Gasteiger partial charge in [0.2, 0.25) is 0 Å². The molecule has 0 unspecified atom stereocenters. The fourth-order valence-electron chi connectivity index (χ4n) is 0. The highest BCUT2D eigenvalue weighted by Crippen LogP contribution is 1.35. The van der Waals surface area contributed by atoms with Gasteiger partial charge in [-0.25, -0.2) is 0 Å². The van der Waals surface area contributed by atoms with Gasteiger partial charge in [-0.2, -0.15) is 0 Å². The smallest absolute Gasteiger partial charge is 0.142 e. The summed E-state index contributed by atoms with van der Waals surface area (Å²) in [6, 6.07) is -0.583. The Hall–Kier alpha value is -0.590. The first-order chi connectivity index (χ1) is 3.18. The molecule has 4 heavy (non-hydrogen) atoms. The van der Waals surface area contributed by atoms with Crippen LogP contribution >= 0.6 is 0 Å². The van der Waals surface area contributed by atoms with Gasteiger partial charge >= 0.3 is 0 Å². The van der Waals surface area contributed by atoms with Crippen molar-refractivity contribution >= 4 is 6.26 Å². The molecule has 0 aliphatic rings. The molecule has 0 aliphatic heterocycles. The van der Waals surface area contributed by atoms with Crippen LogP contribution < -0.4 is 0 Å². The number of hydrogen-bond donors (Lipinski definition) is 0. The van der Waals surface area contributed by atoms with Gasteiger partial charge in [-0.1, -0.05) is 6.55 Å². The standard InChI is InChI=1S/C3H4O/c1-2-3-4/h2-3H,1H2/i1D,2D,3D. The van der Waals surface area contributed by atoms with Crippen LogP contribution in [0.3, 0.4) is 0 Å². The third-order valence-electron chi connectivity index (χ3n) is 0.0589. The lowest BCUT2D eigenvalue weighted by molar-refractivity contribution is -0.104. The van der Waals surface area contributed by atoms with Gasteiger partial charge in [0.25, 0.3) is 0 Å². The maximum absolute atomic E-state index is 9.67. The second-order valence-corrected chi connectivity index (χ2v) is 0.246. The number of rotatable bonds is 1. The number of carbonyl (C=O) groups excluding carboxylic acids is 1. The van der Waals surface area contributed by atoms with Gasteiger partial charge in [-0.05, 0) is 6.05 Å². The van der Waals surface area contributed by atoms with Gasteiger partial charge in [0, 0.05) is 0 Å². The Morgan fingerprint density at radius 1 is 2.50 bits per heavy atom. The maximum Gasteiger partial charge on any atom is 0.142 e. The molecule has 0 amide bonds. The maximum atomic E-state index is 9.67. The van der Waals surface area contributed by atoms with Crippen molar-refractivity contribution in [2.24, 2.45) is 0 Å². The molecule has 0 aliphatic carbocycles. The largest absolute Gasteiger partial charge is 0.299 e. The Kier molecular flexibility index (Phi) is 0.408. The van der Waals surface area contributed by atoms with E-state index in [9.17, 15) is 4.79 Å². The third-order valence-corrected chi connectivity index (χ3v) is 0.0589. The Morgan fingerprint density at radius 2 is 3.25 bits per heavy atom. The predicted octanol–water partition coefficient (Wildman–Crippen LogP) is 0.371. The highest BCUT2D eigenvalue weighted by atomic mass is 16.1. The summed E-state index contributed by atoms with van der Waals surface area (Å²) >= 11 is 0. The zero-order valence-electron chi connectivity index (χ0n) is 4.99. The molecule has 0 saturated carbocycles. The van der Waals surface area contributed by atoms with Crippen LogP contribution in [0, 0.1) is 0 Å². The van der Waals surface area contributed by atoms with Crippen LogP contribution in [0.25, 0.3) is 0 Å². The van der Waals surface area contributed by atoms with Gasteiger partial charge in [0.15, 0.2) is 0 Å². The van der Waals surface area contributed by atoms with Gasteiger partial charge < -0.3 is 0 Å². The van der Waals surface area contributed by atoms with Crippen molar-refractivity contribution in [2.45, 2.75) is 0 Å². The number of aldehydes is 1. The molecule has 1 heteroatoms. The molecule has 0 aromatic rings. The lowest BCUT2D eigenvalue weighted by atomic mass is 10.8. The Labute approximate surface area is 29.2 Å². The average molecular weight is 59.1 g/mol. The van der Waals surface area contributed by atoms with Gasteiger partial charge in [-0.15, -0.1) is 0 Å². The first kappa shape index (κ1) is 0.677. The van der Waals surface area contributed by atoms with Crippen LogP contribution in [0.1, 0.15) is 4.11 Å². The van der Waals surface area contributed by atoms with Gasteiger partial charge in [0.1, 0.15) is 7.63 Å². The fraction of sp³-hybridized carbons (Fsp3) is 0. The first-order valence-electron chi connectivity index (χ1n) is 2.32. The summed E-state index contributed by atoms with van der Waals surface area (Å²) in [6.45, 7) is 0.537. The van der Waals surface area contributed by atoms with Gasteiger partial charge in [-0.3, -0.25) is 4.79 Å². The Bertz CT molecular complexity index is 107. The van der Waals surface area contributed by atoms with Crippen LogP contribution in [0.2, 0.25) is 0 Å². The van der Waals surface area contributed by atoms with E-state index in [1.165, 1.54) is 0 Å². The van der Waals surface area contributed by atoms with E-state index in [2.05, 4.69) is 0 Å². The van der Waals surface area contributed by atoms with Crippen LogP contribution in [-0.4, -0.2) is 6.26 Å². The molecular formula is C3H4O. The molecule has 0 radical (unpaired) electrons. The summed E-state index contributed by atoms with van der Waals surface area (Å²) in [5, 5.41) is 0. The molecule has 0 saturated heterocycles. The normalized spacial score (nSPS) is 21.0. The van der Waals surface area contributed by atoms with Crippen molar-refractivity contribution in [3.8, 4) is 0 Å². The number of allylic oxidation sites excluding steroid dienone is 1. The quantitative estimate of drug-likeness (QED) is 0.315. The molecule has 0 rings (SSSR count). The molecule has 0 bridgehead atoms. The minimum atomic E-state index is -1.12. The predicted molar refractivity (Wildman–Crippen MR) is 16.3 cm³/mol. The SMILES string of the molecule is [2H]C=C([2H])C([2H])=O. The molecule has 0 atom stereocenters. The molecule has 0 aromatic carbocycles. The highest BCUT2D eigenvalue weighted by molar-refractivity contribution is 5.63. The first-order valence-corrected chi connectivity index (χ1v) is 0.743. The topological polar surface area (TPSA) is 17.1 Å². The van der Waals surface area contributed by atoms with Crippen molar-refractivity contribution in [1.82, 2.24) is 0 Å². The van der Waals surface area contributed by atoms with Crippen molar-refractivity contribution in [3.05, 3.63) is 12.6 Å². The lowest BCUT2D eigenvalue weighted by Crippen LogP contribution is -1.44. The van der Waals surface area contributed by atoms with Crippen molar-refractivity contribution in [1.29, 1.82) is 0 Å². The van der Waals surface area contributed by atoms with E-state index in [4.69, 9.17) is 4.11 Å². The molecule has 0 aromatic heterocycles. The van der Waals surface area contributed by atoms with E-state index in [0.29, 0.717) is 6.55 Å². The zero-order chi connectivity index (χ0) is 5.86. The summed E-state index contributed by atoms with van der Waals surface area (Å²) in [4.78, 5) is 9.67. The second kappa shape index (κ2) is 2.41. The van der Waals surface area contributed by atoms with E-state index in [-0.39, 0.29) is 0 Å². The fourth-order valence-corrected chi connectivity index (χ4v) is 0. The summed E-state index contributed by atoms with van der Waals surface area (Å²) in [6.07, 6.45) is -1.12. The molecule has 1 nitrogen and oxygen atoms in total. The zero-order valence-corrected chi connectivity index (χ0v) is 1.99. The van der Waals surface area contributed by atoms with E-state index in [1.54, 1.807) is 0 Å². The van der Waals surface area contributed by atoms with E-state index in [1.807, 2.05) is 0 Å². The van der Waals surface area contributed by atoms with Crippen LogP contribution in [0.15, 0.2) is 12.6 Å². The Morgan fingerprint density at radius 3 is 3.25 bits per heavy atom. The molecular weight excluding hydrogens is 52.0 g/mol. The second-order valence-electron chi connectivity index (χ2n) is 0.246. The minimum absolute atomic E-state index is 0.537. The summed E-state index contributed by atoms with van der Waals surface area (Å²) < 4.78 is 18.8. The summed E-state index contributed by atoms with van der Waals surface area (Å²) in [5.41, 5.74) is 0. The van der Waals surface area contributed by atoms with Crippen LogP contribution in [0.5, 0.6) is 0 Å². The van der Waals surface area contributed by atoms with Crippen molar-refractivity contribution in [2.75, 3.05) is 0 Å². The van der Waals surface area contributed by atoms with Gasteiger partial charge in [0.05, 0.1) is 2.74 Å². The molecule has 0 spiro atoms. The number of carbonyl (C=O) groups is 1. The molecule has 0 fully saturated rings. The third kappa shape index (κ3) is 1.41. The van der Waals surface area contributed by atoms with E-state index >= 15 is 0 Å². The molecule has 0 N–H and O–H groups in total. The average Bonchev–Trinajstić information content (AvgIpc) is 1.65. The van der Waals surface area contributed by atoms with Crippen LogP contribution in [-0.2, 0) is 4.79 Å². The molecule has 0 heterocycles. The van der Waals surface area contributed by atoms with E-state index in [0.717, 1.165) is 0 Å². The monoisotopic (exact) mass is 59.0 g/mol. The van der Waals surface area contributed by atoms with Crippen molar-refractivity contribution in [3.63, 3.8) is 0 Å². The summed E-state index contributed by atoms with van der Waals surface area (Å²) in [7, 11) is 0. The van der Waals surface area contributed by atoms with E-state index < -0.39 is 12.3 Å².